The highest BCUT2D eigenvalue weighted by molar-refractivity contribution is 5.75. The maximum absolute atomic E-state index is 11.5. The number of carbonyl (C=O) groups excluding carboxylic acids is 1. The van der Waals surface area contributed by atoms with Crippen molar-refractivity contribution in [3.63, 3.8) is 0 Å². The molecule has 0 aromatic rings. The van der Waals surface area contributed by atoms with Crippen molar-refractivity contribution >= 4 is 5.91 Å². The van der Waals surface area contributed by atoms with Crippen LogP contribution in [0, 0.1) is 0 Å². The van der Waals surface area contributed by atoms with E-state index in [1.54, 1.807) is 7.11 Å². The standard InChI is InChI=1S/C25H51NO2/c1-3-4-5-6-7-8-9-10-11-12-13-14-15-16-17-18-19-20-21-22-25(27)26-23-24-28-2/h3-24H2,1-2H3,(H,26,27). The lowest BCUT2D eigenvalue weighted by Gasteiger charge is -2.05. The van der Waals surface area contributed by atoms with Crippen LogP contribution in [0.5, 0.6) is 0 Å². The number of hydrogen-bond donors (Lipinski definition) is 1. The van der Waals surface area contributed by atoms with Crippen LogP contribution in [0.25, 0.3) is 0 Å². The minimum Gasteiger partial charge on any atom is -0.383 e. The highest BCUT2D eigenvalue weighted by Crippen LogP contribution is 2.14. The number of nitrogens with one attached hydrogen (secondary N) is 1. The molecule has 0 saturated heterocycles. The van der Waals surface area contributed by atoms with Crippen LogP contribution in [0.15, 0.2) is 0 Å². The van der Waals surface area contributed by atoms with Crippen molar-refractivity contribution in [1.82, 2.24) is 5.32 Å². The molecule has 0 atom stereocenters. The molecule has 3 nitrogen and oxygen atoms in total. The molecule has 168 valence electrons. The molecule has 0 unspecified atom stereocenters. The second kappa shape index (κ2) is 24.5. The summed E-state index contributed by atoms with van der Waals surface area (Å²) in [6.45, 7) is 3.52. The Labute approximate surface area is 176 Å². The van der Waals surface area contributed by atoms with E-state index < -0.39 is 0 Å². The van der Waals surface area contributed by atoms with Crippen LogP contribution in [0.2, 0.25) is 0 Å². The molecule has 28 heavy (non-hydrogen) atoms. The van der Waals surface area contributed by atoms with Gasteiger partial charge in [0.15, 0.2) is 0 Å². The van der Waals surface area contributed by atoms with Gasteiger partial charge in [-0.2, -0.15) is 0 Å². The zero-order valence-electron chi connectivity index (χ0n) is 19.4. The summed E-state index contributed by atoms with van der Waals surface area (Å²) in [6, 6.07) is 0. The lowest BCUT2D eigenvalue weighted by molar-refractivity contribution is -0.121. The summed E-state index contributed by atoms with van der Waals surface area (Å²) in [5, 5.41) is 2.88. The van der Waals surface area contributed by atoms with Crippen molar-refractivity contribution in [1.29, 1.82) is 0 Å². The molecule has 1 N–H and O–H groups in total. The van der Waals surface area contributed by atoms with Gasteiger partial charge in [-0.1, -0.05) is 122 Å². The van der Waals surface area contributed by atoms with E-state index in [0.29, 0.717) is 19.6 Å². The smallest absolute Gasteiger partial charge is 0.220 e. The Balaban J connectivity index is 3.06. The fourth-order valence-electron chi connectivity index (χ4n) is 3.74. The molecule has 0 aromatic carbocycles. The molecule has 0 aromatic heterocycles. The Kier molecular flexibility index (Phi) is 24.0. The average Bonchev–Trinajstić information content (AvgIpc) is 2.70. The summed E-state index contributed by atoms with van der Waals surface area (Å²) >= 11 is 0. The Morgan fingerprint density at radius 2 is 0.964 bits per heavy atom. The van der Waals surface area contributed by atoms with E-state index in [9.17, 15) is 4.79 Å². The van der Waals surface area contributed by atoms with Crippen molar-refractivity contribution in [2.75, 3.05) is 20.3 Å². The summed E-state index contributed by atoms with van der Waals surface area (Å²) in [4.78, 5) is 11.5. The second-order valence-corrected chi connectivity index (χ2v) is 8.46. The first-order valence-electron chi connectivity index (χ1n) is 12.6. The first-order chi connectivity index (χ1) is 13.8. The number of rotatable bonds is 23. The average molecular weight is 398 g/mol. The number of ether oxygens (including phenoxy) is 1. The number of hydrogen-bond acceptors (Lipinski definition) is 2. The van der Waals surface area contributed by atoms with Crippen LogP contribution in [0.3, 0.4) is 0 Å². The Morgan fingerprint density at radius 1 is 0.607 bits per heavy atom. The van der Waals surface area contributed by atoms with E-state index in [1.807, 2.05) is 0 Å². The number of amides is 1. The molecule has 0 aliphatic carbocycles. The normalized spacial score (nSPS) is 11.1. The van der Waals surface area contributed by atoms with Crippen LogP contribution >= 0.6 is 0 Å². The largest absolute Gasteiger partial charge is 0.383 e. The van der Waals surface area contributed by atoms with Crippen molar-refractivity contribution in [3.8, 4) is 0 Å². The van der Waals surface area contributed by atoms with Crippen molar-refractivity contribution in [3.05, 3.63) is 0 Å². The minimum atomic E-state index is 0.170. The van der Waals surface area contributed by atoms with Crippen molar-refractivity contribution in [2.24, 2.45) is 0 Å². The third-order valence-corrected chi connectivity index (χ3v) is 5.64. The van der Waals surface area contributed by atoms with Crippen LogP contribution in [0.1, 0.15) is 135 Å². The molecule has 0 rings (SSSR count). The van der Waals surface area contributed by atoms with Crippen LogP contribution in [-0.2, 0) is 9.53 Å². The Hall–Kier alpha value is -0.570. The highest BCUT2D eigenvalue weighted by Gasteiger charge is 2.00. The molecule has 0 spiro atoms. The van der Waals surface area contributed by atoms with E-state index in [4.69, 9.17) is 4.74 Å². The van der Waals surface area contributed by atoms with Crippen LogP contribution < -0.4 is 5.32 Å². The summed E-state index contributed by atoms with van der Waals surface area (Å²) in [5.74, 6) is 0.170. The van der Waals surface area contributed by atoms with Gasteiger partial charge in [0.25, 0.3) is 0 Å². The SMILES string of the molecule is CCCCCCCCCCCCCCCCCCCCCC(=O)NCCOC. The Bertz CT molecular complexity index is 307. The van der Waals surface area contributed by atoms with Gasteiger partial charge in [-0.15, -0.1) is 0 Å². The van der Waals surface area contributed by atoms with Gasteiger partial charge in [0, 0.05) is 20.1 Å². The number of unbranched alkanes of at least 4 members (excludes halogenated alkanes) is 18. The van der Waals surface area contributed by atoms with Crippen LogP contribution in [-0.4, -0.2) is 26.2 Å². The maximum atomic E-state index is 11.5. The van der Waals surface area contributed by atoms with Crippen LogP contribution in [0.4, 0.5) is 0 Å². The van der Waals surface area contributed by atoms with Gasteiger partial charge >= 0.3 is 0 Å². The zero-order chi connectivity index (χ0) is 20.5. The summed E-state index contributed by atoms with van der Waals surface area (Å²) < 4.78 is 4.92. The predicted octanol–water partition coefficient (Wildman–Crippen LogP) is 7.57. The summed E-state index contributed by atoms with van der Waals surface area (Å²) in [5.41, 5.74) is 0. The lowest BCUT2D eigenvalue weighted by atomic mass is 10.0. The third kappa shape index (κ3) is 23.5. The molecule has 1 amide bonds. The minimum absolute atomic E-state index is 0.170. The second-order valence-electron chi connectivity index (χ2n) is 8.46. The fraction of sp³-hybridized carbons (Fsp3) is 0.960. The quantitative estimate of drug-likeness (QED) is 0.180. The van der Waals surface area contributed by atoms with E-state index >= 15 is 0 Å². The van der Waals surface area contributed by atoms with Crippen molar-refractivity contribution < 1.29 is 9.53 Å². The predicted molar refractivity (Wildman–Crippen MR) is 123 cm³/mol. The van der Waals surface area contributed by atoms with Crippen molar-refractivity contribution in [2.45, 2.75) is 135 Å². The number of carbonyl (C=O) groups is 1. The fourth-order valence-corrected chi connectivity index (χ4v) is 3.74. The van der Waals surface area contributed by atoms with Gasteiger partial charge < -0.3 is 10.1 Å². The van der Waals surface area contributed by atoms with E-state index in [-0.39, 0.29) is 5.91 Å². The first kappa shape index (κ1) is 27.4. The number of methoxy groups -OCH3 is 1. The molecule has 0 radical (unpaired) electrons. The first-order valence-corrected chi connectivity index (χ1v) is 12.6. The topological polar surface area (TPSA) is 38.3 Å². The summed E-state index contributed by atoms with van der Waals surface area (Å²) in [6.07, 6.45) is 27.0. The lowest BCUT2D eigenvalue weighted by Crippen LogP contribution is -2.26. The van der Waals surface area contributed by atoms with E-state index in [1.165, 1.54) is 116 Å². The Morgan fingerprint density at radius 3 is 1.32 bits per heavy atom. The molecule has 0 fully saturated rings. The van der Waals surface area contributed by atoms with Gasteiger partial charge in [0.1, 0.15) is 0 Å². The van der Waals surface area contributed by atoms with Gasteiger partial charge in [0.2, 0.25) is 5.91 Å². The van der Waals surface area contributed by atoms with Gasteiger partial charge in [-0.3, -0.25) is 4.79 Å². The van der Waals surface area contributed by atoms with Gasteiger partial charge in [-0.05, 0) is 6.42 Å². The molecular formula is C25H51NO2. The molecule has 0 heterocycles. The van der Waals surface area contributed by atoms with Gasteiger partial charge in [0.05, 0.1) is 6.61 Å². The monoisotopic (exact) mass is 397 g/mol. The highest BCUT2D eigenvalue weighted by atomic mass is 16.5. The van der Waals surface area contributed by atoms with E-state index in [2.05, 4.69) is 12.2 Å². The summed E-state index contributed by atoms with van der Waals surface area (Å²) in [7, 11) is 1.66. The van der Waals surface area contributed by atoms with E-state index in [0.717, 1.165) is 6.42 Å². The van der Waals surface area contributed by atoms with Gasteiger partial charge in [-0.25, -0.2) is 0 Å². The molecule has 0 aliphatic rings. The maximum Gasteiger partial charge on any atom is 0.220 e. The zero-order valence-corrected chi connectivity index (χ0v) is 19.4. The molecule has 0 aliphatic heterocycles. The third-order valence-electron chi connectivity index (χ3n) is 5.64. The molecule has 0 saturated carbocycles. The molecular weight excluding hydrogens is 346 g/mol. The molecule has 3 heteroatoms. The molecule has 0 bridgehead atoms.